The largest absolute Gasteiger partial charge is 0.319 e. The van der Waals surface area contributed by atoms with Crippen LogP contribution in [0.15, 0.2) is 35.1 Å². The average Bonchev–Trinajstić information content (AvgIpc) is 3.18. The van der Waals surface area contributed by atoms with E-state index in [4.69, 9.17) is 23.2 Å². The Bertz CT molecular complexity index is 1000. The Morgan fingerprint density at radius 3 is 2.85 bits per heavy atom. The Hall–Kier alpha value is -2.43. The zero-order valence-corrected chi connectivity index (χ0v) is 15.8. The minimum atomic E-state index is -0.727. The van der Waals surface area contributed by atoms with Crippen molar-refractivity contribution in [2.75, 3.05) is 5.32 Å². The molecule has 2 heterocycles. The van der Waals surface area contributed by atoms with E-state index in [1.807, 2.05) is 0 Å². The molecule has 0 saturated heterocycles. The number of amides is 1. The van der Waals surface area contributed by atoms with Gasteiger partial charge in [0.15, 0.2) is 5.82 Å². The van der Waals surface area contributed by atoms with E-state index in [1.165, 1.54) is 0 Å². The van der Waals surface area contributed by atoms with Crippen molar-refractivity contribution >= 4 is 56.5 Å². The van der Waals surface area contributed by atoms with E-state index in [2.05, 4.69) is 36.5 Å². The van der Waals surface area contributed by atoms with Crippen LogP contribution in [0.5, 0.6) is 0 Å². The zero-order chi connectivity index (χ0) is 18.8. The number of nitrogens with one attached hydrogen (secondary N) is 2. The Balaban J connectivity index is 1.77. The minimum Gasteiger partial charge on any atom is -0.303 e. The normalized spacial score (nSPS) is 10.7. The van der Waals surface area contributed by atoms with Gasteiger partial charge in [0.25, 0.3) is 5.91 Å². The van der Waals surface area contributed by atoms with Gasteiger partial charge in [0.05, 0.1) is 26.0 Å². The van der Waals surface area contributed by atoms with Crippen LogP contribution in [0.4, 0.5) is 11.5 Å². The molecule has 0 radical (unpaired) electrons. The summed E-state index contributed by atoms with van der Waals surface area (Å²) in [6.45, 7) is 0.384. The van der Waals surface area contributed by atoms with Crippen LogP contribution in [-0.2, 0) is 6.54 Å². The first-order chi connectivity index (χ1) is 12.3. The number of H-pyrrole nitrogens is 1. The van der Waals surface area contributed by atoms with Gasteiger partial charge in [0.1, 0.15) is 6.20 Å². The summed E-state index contributed by atoms with van der Waals surface area (Å²) in [4.78, 5) is 22.4. The summed E-state index contributed by atoms with van der Waals surface area (Å²) in [6.07, 6.45) is 2.62. The second-order valence-corrected chi connectivity index (χ2v) is 6.78. The Morgan fingerprint density at radius 1 is 1.38 bits per heavy atom. The molecule has 0 saturated carbocycles. The molecule has 0 fully saturated rings. The lowest BCUT2D eigenvalue weighted by atomic mass is 10.2. The second kappa shape index (κ2) is 7.44. The van der Waals surface area contributed by atoms with Crippen LogP contribution in [0.3, 0.4) is 0 Å². The molecule has 1 amide bonds. The van der Waals surface area contributed by atoms with Gasteiger partial charge in [0, 0.05) is 6.20 Å². The molecule has 0 bridgehead atoms. The van der Waals surface area contributed by atoms with Gasteiger partial charge in [-0.1, -0.05) is 29.3 Å². The summed E-state index contributed by atoms with van der Waals surface area (Å²) in [6, 6.07) is 5.19. The van der Waals surface area contributed by atoms with Crippen LogP contribution in [0.25, 0.3) is 0 Å². The topological polar surface area (TPSA) is 119 Å². The number of aromatic amines is 1. The van der Waals surface area contributed by atoms with Crippen molar-refractivity contribution in [3.8, 4) is 0 Å². The van der Waals surface area contributed by atoms with Crippen molar-refractivity contribution in [1.82, 2.24) is 20.0 Å². The summed E-state index contributed by atoms with van der Waals surface area (Å²) >= 11 is 15.2. The highest BCUT2D eigenvalue weighted by Crippen LogP contribution is 2.25. The molecule has 9 nitrogen and oxygen atoms in total. The van der Waals surface area contributed by atoms with Crippen LogP contribution in [0, 0.1) is 10.1 Å². The monoisotopic (exact) mass is 458 g/mol. The third kappa shape index (κ3) is 3.87. The number of hydrogen-bond acceptors (Lipinski definition) is 5. The summed E-state index contributed by atoms with van der Waals surface area (Å²) in [5, 5.41) is 24.3. The Morgan fingerprint density at radius 2 is 2.15 bits per heavy atom. The standard InChI is InChI=1S/C14H9BrCl2N6O3/c15-8-6-22(5-7-1-2-9(16)10(17)3-7)21-13(8)19-14(24)12-11(23(25)26)4-18-20-12/h1-4,6H,5H2,(H,18,20)(H,19,21,24). The third-order valence-electron chi connectivity index (χ3n) is 3.32. The molecule has 0 unspecified atom stereocenters. The highest BCUT2D eigenvalue weighted by Gasteiger charge is 2.24. The summed E-state index contributed by atoms with van der Waals surface area (Å²) < 4.78 is 2.08. The van der Waals surface area contributed by atoms with Gasteiger partial charge in [-0.05, 0) is 33.6 Å². The number of rotatable bonds is 5. The fourth-order valence-electron chi connectivity index (χ4n) is 2.14. The number of halogens is 3. The van der Waals surface area contributed by atoms with Gasteiger partial charge in [-0.3, -0.25) is 24.7 Å². The lowest BCUT2D eigenvalue weighted by Gasteiger charge is -2.04. The van der Waals surface area contributed by atoms with Gasteiger partial charge in [-0.25, -0.2) is 0 Å². The van der Waals surface area contributed by atoms with E-state index in [9.17, 15) is 14.9 Å². The molecular formula is C14H9BrCl2N6O3. The van der Waals surface area contributed by atoms with Crippen molar-refractivity contribution < 1.29 is 9.72 Å². The maximum Gasteiger partial charge on any atom is 0.319 e. The maximum absolute atomic E-state index is 12.2. The van der Waals surface area contributed by atoms with Gasteiger partial charge in [0.2, 0.25) is 5.69 Å². The van der Waals surface area contributed by atoms with E-state index in [0.717, 1.165) is 11.8 Å². The third-order valence-corrected chi connectivity index (χ3v) is 4.64. The fourth-order valence-corrected chi connectivity index (χ4v) is 2.88. The van der Waals surface area contributed by atoms with Gasteiger partial charge < -0.3 is 5.32 Å². The van der Waals surface area contributed by atoms with Crippen molar-refractivity contribution in [1.29, 1.82) is 0 Å². The van der Waals surface area contributed by atoms with Crippen molar-refractivity contribution in [2.24, 2.45) is 0 Å². The number of nitro groups is 1. The molecule has 134 valence electrons. The molecule has 12 heteroatoms. The lowest BCUT2D eigenvalue weighted by molar-refractivity contribution is -0.385. The van der Waals surface area contributed by atoms with Gasteiger partial charge >= 0.3 is 5.69 Å². The van der Waals surface area contributed by atoms with Crippen molar-refractivity contribution in [2.45, 2.75) is 6.54 Å². The van der Waals surface area contributed by atoms with E-state index in [1.54, 1.807) is 29.1 Å². The fraction of sp³-hybridized carbons (Fsp3) is 0.0714. The van der Waals surface area contributed by atoms with Crippen LogP contribution in [0.2, 0.25) is 10.0 Å². The summed E-state index contributed by atoms with van der Waals surface area (Å²) in [7, 11) is 0. The maximum atomic E-state index is 12.2. The molecule has 2 N–H and O–H groups in total. The van der Waals surface area contributed by atoms with E-state index >= 15 is 0 Å². The lowest BCUT2D eigenvalue weighted by Crippen LogP contribution is -2.15. The molecule has 0 aliphatic carbocycles. The molecule has 3 rings (SSSR count). The SMILES string of the molecule is O=C(Nc1nn(Cc2ccc(Cl)c(Cl)c2)cc1Br)c1[nH]ncc1[N+](=O)[O-]. The minimum absolute atomic E-state index is 0.207. The van der Waals surface area contributed by atoms with E-state index in [-0.39, 0.29) is 11.5 Å². The first-order valence-corrected chi connectivity index (χ1v) is 8.56. The Labute approximate surface area is 164 Å². The molecule has 0 aliphatic rings. The Kier molecular flexibility index (Phi) is 5.25. The summed E-state index contributed by atoms with van der Waals surface area (Å²) in [5.74, 6) is -0.520. The predicted molar refractivity (Wildman–Crippen MR) is 98.7 cm³/mol. The number of hydrogen-bond donors (Lipinski definition) is 2. The van der Waals surface area contributed by atoms with Crippen LogP contribution in [0.1, 0.15) is 16.1 Å². The quantitative estimate of drug-likeness (QED) is 0.443. The van der Waals surface area contributed by atoms with Crippen LogP contribution >= 0.6 is 39.1 Å². The number of benzene rings is 1. The van der Waals surface area contributed by atoms with Gasteiger partial charge in [-0.15, -0.1) is 0 Å². The zero-order valence-electron chi connectivity index (χ0n) is 12.7. The first kappa shape index (κ1) is 18.4. The van der Waals surface area contributed by atoms with E-state index < -0.39 is 16.5 Å². The number of aromatic nitrogens is 4. The van der Waals surface area contributed by atoms with Crippen LogP contribution < -0.4 is 5.32 Å². The molecule has 26 heavy (non-hydrogen) atoms. The van der Waals surface area contributed by atoms with Crippen molar-refractivity contribution in [3.05, 3.63) is 66.5 Å². The first-order valence-electron chi connectivity index (χ1n) is 7.01. The highest BCUT2D eigenvalue weighted by atomic mass is 79.9. The molecule has 2 aromatic heterocycles. The van der Waals surface area contributed by atoms with Crippen LogP contribution in [-0.4, -0.2) is 30.8 Å². The molecule has 0 spiro atoms. The highest BCUT2D eigenvalue weighted by molar-refractivity contribution is 9.10. The van der Waals surface area contributed by atoms with Gasteiger partial charge in [-0.2, -0.15) is 10.2 Å². The molecule has 0 atom stereocenters. The average molecular weight is 460 g/mol. The van der Waals surface area contributed by atoms with Crippen molar-refractivity contribution in [3.63, 3.8) is 0 Å². The molecule has 1 aromatic carbocycles. The molecular weight excluding hydrogens is 451 g/mol. The smallest absolute Gasteiger partial charge is 0.303 e. The number of carbonyl (C=O) groups is 1. The number of nitrogens with zero attached hydrogens (tertiary/aromatic N) is 4. The second-order valence-electron chi connectivity index (χ2n) is 5.11. The number of carbonyl (C=O) groups excluding carboxylic acids is 1. The number of anilines is 1. The predicted octanol–water partition coefficient (Wildman–Crippen LogP) is 3.88. The van der Waals surface area contributed by atoms with E-state index in [0.29, 0.717) is 21.1 Å². The molecule has 0 aliphatic heterocycles. The summed E-state index contributed by atoms with van der Waals surface area (Å²) in [5.41, 5.74) is 0.172. The molecule has 3 aromatic rings.